The van der Waals surface area contributed by atoms with Crippen LogP contribution in [0.4, 0.5) is 0 Å². The van der Waals surface area contributed by atoms with Gasteiger partial charge in [0.15, 0.2) is 0 Å². The minimum Gasteiger partial charge on any atom is -0.317 e. The molecule has 0 spiro atoms. The van der Waals surface area contributed by atoms with Crippen LogP contribution in [-0.2, 0) is 0 Å². The number of nitrogens with zero attached hydrogens (tertiary/aromatic N) is 1. The molecule has 0 bridgehead atoms. The van der Waals surface area contributed by atoms with Crippen LogP contribution in [0.15, 0.2) is 0 Å². The number of thioether (sulfide) groups is 1. The van der Waals surface area contributed by atoms with Gasteiger partial charge in [0.2, 0.25) is 0 Å². The van der Waals surface area contributed by atoms with Gasteiger partial charge in [0.1, 0.15) is 0 Å². The summed E-state index contributed by atoms with van der Waals surface area (Å²) in [6.45, 7) is 13.5. The van der Waals surface area contributed by atoms with E-state index in [4.69, 9.17) is 0 Å². The van der Waals surface area contributed by atoms with E-state index in [1.54, 1.807) is 0 Å². The van der Waals surface area contributed by atoms with Gasteiger partial charge in [0.25, 0.3) is 0 Å². The van der Waals surface area contributed by atoms with Gasteiger partial charge in [-0.25, -0.2) is 0 Å². The van der Waals surface area contributed by atoms with Crippen molar-refractivity contribution in [3.8, 4) is 0 Å². The first-order chi connectivity index (χ1) is 8.99. The molecule has 2 aliphatic rings. The second-order valence-corrected chi connectivity index (χ2v) is 8.97. The molecule has 6 atom stereocenters. The van der Waals surface area contributed by atoms with Gasteiger partial charge in [-0.15, -0.1) is 0 Å². The number of hydrogen-bond donors (Lipinski definition) is 1. The molecular weight excluding hydrogens is 252 g/mol. The highest BCUT2D eigenvalue weighted by Crippen LogP contribution is 2.35. The molecule has 0 aromatic carbocycles. The predicted molar refractivity (Wildman–Crippen MR) is 86.9 cm³/mol. The molecule has 6 unspecified atom stereocenters. The standard InChI is InChI=1S/C16H32N2S/c1-11-6-12(2)15(16(7-11)17-5)10-18-8-13(3)19-14(4)9-18/h11-17H,6-10H2,1-5H3. The van der Waals surface area contributed by atoms with Crippen molar-refractivity contribution in [2.75, 3.05) is 26.7 Å². The Balaban J connectivity index is 1.95. The van der Waals surface area contributed by atoms with Crippen LogP contribution < -0.4 is 5.32 Å². The van der Waals surface area contributed by atoms with E-state index in [9.17, 15) is 0 Å². The molecule has 2 rings (SSSR count). The van der Waals surface area contributed by atoms with Crippen LogP contribution in [0.1, 0.15) is 40.5 Å². The molecule has 3 heteroatoms. The third-order valence-electron chi connectivity index (χ3n) is 5.01. The predicted octanol–water partition coefficient (Wildman–Crippen LogP) is 3.08. The lowest BCUT2D eigenvalue weighted by atomic mass is 9.72. The van der Waals surface area contributed by atoms with Crippen molar-refractivity contribution in [1.29, 1.82) is 0 Å². The zero-order valence-electron chi connectivity index (χ0n) is 13.4. The Morgan fingerprint density at radius 3 is 2.26 bits per heavy atom. The van der Waals surface area contributed by atoms with Gasteiger partial charge in [-0.1, -0.05) is 27.7 Å². The van der Waals surface area contributed by atoms with Crippen molar-refractivity contribution < 1.29 is 0 Å². The maximum Gasteiger partial charge on any atom is 0.0149 e. The smallest absolute Gasteiger partial charge is 0.0149 e. The van der Waals surface area contributed by atoms with E-state index in [1.807, 2.05) is 0 Å². The summed E-state index contributed by atoms with van der Waals surface area (Å²) in [7, 11) is 2.15. The maximum atomic E-state index is 3.59. The fourth-order valence-corrected chi connectivity index (χ4v) is 5.67. The molecule has 1 saturated heterocycles. The molecule has 1 N–H and O–H groups in total. The zero-order valence-corrected chi connectivity index (χ0v) is 14.2. The van der Waals surface area contributed by atoms with Crippen molar-refractivity contribution in [1.82, 2.24) is 10.2 Å². The highest BCUT2D eigenvalue weighted by atomic mass is 32.2. The van der Waals surface area contributed by atoms with Crippen molar-refractivity contribution in [2.24, 2.45) is 17.8 Å². The second kappa shape index (κ2) is 6.82. The summed E-state index contributed by atoms with van der Waals surface area (Å²) in [5.41, 5.74) is 0. The summed E-state index contributed by atoms with van der Waals surface area (Å²) in [6, 6.07) is 0.721. The summed E-state index contributed by atoms with van der Waals surface area (Å²) in [6.07, 6.45) is 2.77. The van der Waals surface area contributed by atoms with Crippen LogP contribution in [-0.4, -0.2) is 48.1 Å². The van der Waals surface area contributed by atoms with Crippen molar-refractivity contribution in [3.05, 3.63) is 0 Å². The highest BCUT2D eigenvalue weighted by Gasteiger charge is 2.35. The molecular formula is C16H32N2S. The van der Waals surface area contributed by atoms with Gasteiger partial charge in [0, 0.05) is 36.2 Å². The Hall–Kier alpha value is 0.270. The Labute approximate surface area is 124 Å². The Morgan fingerprint density at radius 1 is 1.05 bits per heavy atom. The maximum absolute atomic E-state index is 3.59. The monoisotopic (exact) mass is 284 g/mol. The molecule has 0 aromatic rings. The van der Waals surface area contributed by atoms with Gasteiger partial charge in [0.05, 0.1) is 0 Å². The third kappa shape index (κ3) is 4.12. The largest absolute Gasteiger partial charge is 0.317 e. The molecule has 0 aromatic heterocycles. The number of rotatable bonds is 3. The second-order valence-electron chi connectivity index (χ2n) is 7.09. The van der Waals surface area contributed by atoms with Gasteiger partial charge in [-0.3, -0.25) is 0 Å². The minimum atomic E-state index is 0.721. The van der Waals surface area contributed by atoms with Crippen LogP contribution in [0.3, 0.4) is 0 Å². The summed E-state index contributed by atoms with van der Waals surface area (Å²) >= 11 is 2.16. The van der Waals surface area contributed by atoms with E-state index >= 15 is 0 Å². The molecule has 112 valence electrons. The van der Waals surface area contributed by atoms with Crippen LogP contribution >= 0.6 is 11.8 Å². The van der Waals surface area contributed by atoms with Crippen LogP contribution in [0.25, 0.3) is 0 Å². The fraction of sp³-hybridized carbons (Fsp3) is 1.00. The normalized spacial score (nSPS) is 45.3. The molecule has 1 saturated carbocycles. The van der Waals surface area contributed by atoms with Gasteiger partial charge in [-0.2, -0.15) is 11.8 Å². The van der Waals surface area contributed by atoms with Gasteiger partial charge < -0.3 is 10.2 Å². The van der Waals surface area contributed by atoms with Crippen molar-refractivity contribution in [3.63, 3.8) is 0 Å². The van der Waals surface area contributed by atoms with E-state index in [1.165, 1.54) is 32.5 Å². The van der Waals surface area contributed by atoms with Gasteiger partial charge >= 0.3 is 0 Å². The Morgan fingerprint density at radius 2 is 1.68 bits per heavy atom. The zero-order chi connectivity index (χ0) is 14.0. The summed E-state index contributed by atoms with van der Waals surface area (Å²) in [5, 5.41) is 5.20. The van der Waals surface area contributed by atoms with E-state index in [2.05, 4.69) is 56.7 Å². The SMILES string of the molecule is CNC1CC(C)CC(C)C1CN1CC(C)SC(C)C1. The summed E-state index contributed by atoms with van der Waals surface area (Å²) in [5.74, 6) is 2.59. The van der Waals surface area contributed by atoms with Crippen LogP contribution in [0, 0.1) is 17.8 Å². The minimum absolute atomic E-state index is 0.721. The third-order valence-corrected chi connectivity index (χ3v) is 6.24. The molecule has 2 nitrogen and oxygen atoms in total. The summed E-state index contributed by atoms with van der Waals surface area (Å²) < 4.78 is 0. The first-order valence-corrected chi connectivity index (χ1v) is 8.99. The average molecular weight is 285 g/mol. The van der Waals surface area contributed by atoms with Crippen LogP contribution in [0.2, 0.25) is 0 Å². The lowest BCUT2D eigenvalue weighted by Crippen LogP contribution is -2.51. The van der Waals surface area contributed by atoms with E-state index in [0.29, 0.717) is 0 Å². The fourth-order valence-electron chi connectivity index (χ4n) is 4.28. The number of nitrogens with one attached hydrogen (secondary N) is 1. The molecule has 0 radical (unpaired) electrons. The molecule has 0 amide bonds. The highest BCUT2D eigenvalue weighted by molar-refractivity contribution is 8.00. The lowest BCUT2D eigenvalue weighted by molar-refractivity contribution is 0.104. The first kappa shape index (κ1) is 15.7. The Kier molecular flexibility index (Phi) is 5.62. The molecule has 1 aliphatic carbocycles. The Bertz CT molecular complexity index is 274. The van der Waals surface area contributed by atoms with Crippen molar-refractivity contribution in [2.45, 2.75) is 57.1 Å². The van der Waals surface area contributed by atoms with E-state index in [-0.39, 0.29) is 0 Å². The summed E-state index contributed by atoms with van der Waals surface area (Å²) in [4.78, 5) is 2.73. The molecule has 19 heavy (non-hydrogen) atoms. The lowest BCUT2D eigenvalue weighted by Gasteiger charge is -2.44. The molecule has 1 heterocycles. The number of hydrogen-bond acceptors (Lipinski definition) is 3. The molecule has 2 fully saturated rings. The quantitative estimate of drug-likeness (QED) is 0.857. The van der Waals surface area contributed by atoms with E-state index in [0.717, 1.165) is 34.3 Å². The van der Waals surface area contributed by atoms with Gasteiger partial charge in [-0.05, 0) is 37.6 Å². The average Bonchev–Trinajstić information content (AvgIpc) is 2.31. The van der Waals surface area contributed by atoms with Crippen LogP contribution in [0.5, 0.6) is 0 Å². The topological polar surface area (TPSA) is 15.3 Å². The molecule has 1 aliphatic heterocycles. The first-order valence-electron chi connectivity index (χ1n) is 8.04. The van der Waals surface area contributed by atoms with Crippen molar-refractivity contribution >= 4 is 11.8 Å². The van der Waals surface area contributed by atoms with E-state index < -0.39 is 0 Å².